The molecule has 0 bridgehead atoms. The predicted molar refractivity (Wildman–Crippen MR) is 115 cm³/mol. The van der Waals surface area contributed by atoms with E-state index in [0.717, 1.165) is 33.9 Å². The summed E-state index contributed by atoms with van der Waals surface area (Å²) >= 11 is 12.0. The van der Waals surface area contributed by atoms with Crippen LogP contribution >= 0.6 is 23.8 Å². The van der Waals surface area contributed by atoms with Crippen LogP contribution in [0.1, 0.15) is 36.6 Å². The van der Waals surface area contributed by atoms with Crippen molar-refractivity contribution in [3.05, 3.63) is 52.0 Å². The average molecular weight is 405 g/mol. The highest BCUT2D eigenvalue weighted by molar-refractivity contribution is 7.80. The minimum absolute atomic E-state index is 0.0327. The van der Waals surface area contributed by atoms with E-state index in [1.165, 1.54) is 0 Å². The lowest BCUT2D eigenvalue weighted by atomic mass is 9.95. The van der Waals surface area contributed by atoms with Crippen molar-refractivity contribution in [3.63, 3.8) is 0 Å². The smallest absolute Gasteiger partial charge is 0.171 e. The van der Waals surface area contributed by atoms with E-state index in [9.17, 15) is 0 Å². The molecular formula is C21H25ClN2O2S. The number of hydrogen-bond donors (Lipinski definition) is 2. The third kappa shape index (κ3) is 4.66. The Kier molecular flexibility index (Phi) is 6.12. The number of rotatable bonds is 4. The summed E-state index contributed by atoms with van der Waals surface area (Å²) < 4.78 is 11.3. The monoisotopic (exact) mass is 404 g/mol. The largest absolute Gasteiger partial charge is 0.486 e. The Morgan fingerprint density at radius 3 is 2.44 bits per heavy atom. The van der Waals surface area contributed by atoms with Crippen molar-refractivity contribution >= 4 is 34.6 Å². The molecule has 144 valence electrons. The van der Waals surface area contributed by atoms with E-state index in [2.05, 4.69) is 36.6 Å². The molecule has 2 aromatic carbocycles. The molecule has 0 spiro atoms. The third-order valence-electron chi connectivity index (χ3n) is 4.55. The van der Waals surface area contributed by atoms with E-state index >= 15 is 0 Å². The molecule has 0 aromatic heterocycles. The van der Waals surface area contributed by atoms with Crippen LogP contribution in [0.2, 0.25) is 5.02 Å². The first-order chi connectivity index (χ1) is 12.8. The molecule has 3 rings (SSSR count). The molecule has 1 aliphatic heterocycles. The van der Waals surface area contributed by atoms with Crippen molar-refractivity contribution in [1.29, 1.82) is 0 Å². The van der Waals surface area contributed by atoms with Crippen LogP contribution in [0.3, 0.4) is 0 Å². The van der Waals surface area contributed by atoms with Crippen LogP contribution in [0.5, 0.6) is 11.5 Å². The molecule has 0 fully saturated rings. The second-order valence-corrected chi connectivity index (χ2v) is 7.98. The zero-order chi connectivity index (χ0) is 19.6. The number of fused-ring (bicyclic) bond motifs is 1. The first-order valence-corrected chi connectivity index (χ1v) is 9.87. The maximum atomic E-state index is 6.39. The highest BCUT2D eigenvalue weighted by atomic mass is 35.5. The summed E-state index contributed by atoms with van der Waals surface area (Å²) in [7, 11) is 0. The number of aryl methyl sites for hydroxylation is 2. The second kappa shape index (κ2) is 8.36. The van der Waals surface area contributed by atoms with Crippen LogP contribution in [0.25, 0.3) is 0 Å². The molecule has 2 aromatic rings. The maximum Gasteiger partial charge on any atom is 0.171 e. The molecule has 0 saturated carbocycles. The summed E-state index contributed by atoms with van der Waals surface area (Å²) in [4.78, 5) is 0. The third-order valence-corrected chi connectivity index (χ3v) is 5.07. The lowest BCUT2D eigenvalue weighted by Gasteiger charge is -2.27. The van der Waals surface area contributed by atoms with Crippen LogP contribution in [-0.2, 0) is 0 Å². The first-order valence-electron chi connectivity index (χ1n) is 9.09. The van der Waals surface area contributed by atoms with Gasteiger partial charge in [0, 0.05) is 0 Å². The van der Waals surface area contributed by atoms with Gasteiger partial charge in [-0.05, 0) is 66.9 Å². The Labute approximate surface area is 171 Å². The SMILES string of the molecule is Cc1cc(C)c(NC(=S)N[C@@H](c2ccc3c(c2)OCCO3)C(C)C)c(Cl)c1. The average Bonchev–Trinajstić information content (AvgIpc) is 2.62. The van der Waals surface area contributed by atoms with E-state index < -0.39 is 0 Å². The van der Waals surface area contributed by atoms with Gasteiger partial charge < -0.3 is 20.1 Å². The van der Waals surface area contributed by atoms with Crippen molar-refractivity contribution in [2.75, 3.05) is 18.5 Å². The molecule has 0 aliphatic carbocycles. The van der Waals surface area contributed by atoms with Crippen LogP contribution < -0.4 is 20.1 Å². The van der Waals surface area contributed by atoms with E-state index in [-0.39, 0.29) is 6.04 Å². The number of ether oxygens (including phenoxy) is 2. The summed E-state index contributed by atoms with van der Waals surface area (Å²) in [5.74, 6) is 1.89. The summed E-state index contributed by atoms with van der Waals surface area (Å²) in [5, 5.41) is 7.88. The van der Waals surface area contributed by atoms with Gasteiger partial charge in [0.05, 0.1) is 16.8 Å². The number of thiocarbonyl (C=S) groups is 1. The molecule has 1 atom stereocenters. The van der Waals surface area contributed by atoms with Gasteiger partial charge in [-0.3, -0.25) is 0 Å². The van der Waals surface area contributed by atoms with E-state index in [1.54, 1.807) is 0 Å². The molecule has 2 N–H and O–H groups in total. The summed E-state index contributed by atoms with van der Waals surface area (Å²) in [5.41, 5.74) is 4.12. The van der Waals surface area contributed by atoms with Crippen LogP contribution in [-0.4, -0.2) is 18.3 Å². The molecule has 1 aliphatic rings. The summed E-state index contributed by atoms with van der Waals surface area (Å²) in [6.07, 6.45) is 0. The molecule has 4 nitrogen and oxygen atoms in total. The predicted octanol–water partition coefficient (Wildman–Crippen LogP) is 5.41. The number of nitrogens with one attached hydrogen (secondary N) is 2. The second-order valence-electron chi connectivity index (χ2n) is 7.16. The van der Waals surface area contributed by atoms with Crippen molar-refractivity contribution in [2.45, 2.75) is 33.7 Å². The standard InChI is InChI=1S/C21H25ClN2O2S/c1-12(2)19(15-5-6-17-18(11-15)26-8-7-25-17)23-21(27)24-20-14(4)9-13(3)10-16(20)22/h5-6,9-12,19H,7-8H2,1-4H3,(H2,23,24,27)/t19-/m1/s1. The van der Waals surface area contributed by atoms with Crippen LogP contribution in [0, 0.1) is 19.8 Å². The lowest BCUT2D eigenvalue weighted by molar-refractivity contribution is 0.171. The van der Waals surface area contributed by atoms with Gasteiger partial charge in [-0.15, -0.1) is 0 Å². The first kappa shape index (κ1) is 19.8. The molecule has 0 amide bonds. The Bertz CT molecular complexity index is 831. The molecule has 0 unspecified atom stereocenters. The van der Waals surface area contributed by atoms with Gasteiger partial charge in [0.2, 0.25) is 0 Å². The van der Waals surface area contributed by atoms with Gasteiger partial charge in [0.25, 0.3) is 0 Å². The fraction of sp³-hybridized carbons (Fsp3) is 0.381. The number of benzene rings is 2. The van der Waals surface area contributed by atoms with Crippen molar-refractivity contribution < 1.29 is 9.47 Å². The van der Waals surface area contributed by atoms with Crippen LogP contribution in [0.4, 0.5) is 5.69 Å². The molecule has 1 heterocycles. The molecule has 27 heavy (non-hydrogen) atoms. The van der Waals surface area contributed by atoms with Gasteiger partial charge in [-0.1, -0.05) is 37.6 Å². The van der Waals surface area contributed by atoms with Gasteiger partial charge in [0.15, 0.2) is 16.6 Å². The Morgan fingerprint density at radius 2 is 1.78 bits per heavy atom. The van der Waals surface area contributed by atoms with E-state index in [0.29, 0.717) is 29.3 Å². The minimum atomic E-state index is 0.0327. The molecule has 0 saturated heterocycles. The number of hydrogen-bond acceptors (Lipinski definition) is 3. The van der Waals surface area contributed by atoms with E-state index in [4.69, 9.17) is 33.3 Å². The normalized spacial score (nSPS) is 14.0. The molecule has 0 radical (unpaired) electrons. The maximum absolute atomic E-state index is 6.39. The quantitative estimate of drug-likeness (QED) is 0.666. The highest BCUT2D eigenvalue weighted by Gasteiger charge is 2.21. The Hall–Kier alpha value is -1.98. The number of halogens is 1. The van der Waals surface area contributed by atoms with Gasteiger partial charge in [-0.25, -0.2) is 0 Å². The lowest BCUT2D eigenvalue weighted by Crippen LogP contribution is -2.35. The van der Waals surface area contributed by atoms with Crippen molar-refractivity contribution in [3.8, 4) is 11.5 Å². The Morgan fingerprint density at radius 1 is 1.07 bits per heavy atom. The fourth-order valence-corrected chi connectivity index (χ4v) is 3.85. The van der Waals surface area contributed by atoms with Crippen molar-refractivity contribution in [2.24, 2.45) is 5.92 Å². The van der Waals surface area contributed by atoms with Gasteiger partial charge in [-0.2, -0.15) is 0 Å². The summed E-state index contributed by atoms with van der Waals surface area (Å²) in [6.45, 7) is 9.51. The number of anilines is 1. The highest BCUT2D eigenvalue weighted by Crippen LogP contribution is 2.34. The molecule has 6 heteroatoms. The topological polar surface area (TPSA) is 42.5 Å². The van der Waals surface area contributed by atoms with Crippen molar-refractivity contribution in [1.82, 2.24) is 5.32 Å². The van der Waals surface area contributed by atoms with E-state index in [1.807, 2.05) is 32.0 Å². The van der Waals surface area contributed by atoms with Gasteiger partial charge >= 0.3 is 0 Å². The Balaban J connectivity index is 1.78. The summed E-state index contributed by atoms with van der Waals surface area (Å²) in [6, 6.07) is 10.1. The zero-order valence-electron chi connectivity index (χ0n) is 16.1. The van der Waals surface area contributed by atoms with Crippen LogP contribution in [0.15, 0.2) is 30.3 Å². The van der Waals surface area contributed by atoms with Gasteiger partial charge in [0.1, 0.15) is 13.2 Å². The molecular weight excluding hydrogens is 380 g/mol. The zero-order valence-corrected chi connectivity index (χ0v) is 17.6. The fourth-order valence-electron chi connectivity index (χ4n) is 3.25. The minimum Gasteiger partial charge on any atom is -0.486 e.